The van der Waals surface area contributed by atoms with E-state index < -0.39 is 0 Å². The monoisotopic (exact) mass is 446 g/mol. The summed E-state index contributed by atoms with van der Waals surface area (Å²) in [5.74, 6) is 0.754. The Balaban J connectivity index is 1.66. The van der Waals surface area contributed by atoms with Gasteiger partial charge in [-0.05, 0) is 38.7 Å². The predicted octanol–water partition coefficient (Wildman–Crippen LogP) is 1.44. The predicted molar refractivity (Wildman–Crippen MR) is 126 cm³/mol. The molecule has 0 bridgehead atoms. The van der Waals surface area contributed by atoms with E-state index in [0.29, 0.717) is 30.8 Å². The summed E-state index contributed by atoms with van der Waals surface area (Å²) >= 11 is 0. The fraction of sp³-hybridized carbons (Fsp3) is 0.348. The SMILES string of the molecule is C=CC(=O)N1CC(c2nc3ncn(-c4c(C)ccc5[nH]ncc45)c(=O)c3n2CCN(C)C)C1. The van der Waals surface area contributed by atoms with E-state index in [0.717, 1.165) is 34.5 Å². The molecule has 1 aliphatic heterocycles. The standard InChI is InChI=1S/C23H26N8O2/c1-5-18(32)29-11-15(12-29)22-26-21-20(30(22)9-8-28(3)4)23(33)31(13-24-21)19-14(2)6-7-17-16(19)10-25-27-17/h5-7,10,13,15H,1,8-9,11-12H2,2-4H3,(H,25,27). The lowest BCUT2D eigenvalue weighted by molar-refractivity contribution is -0.130. The Labute approximate surface area is 190 Å². The maximum absolute atomic E-state index is 13.8. The van der Waals surface area contributed by atoms with Crippen LogP contribution in [0.25, 0.3) is 27.8 Å². The van der Waals surface area contributed by atoms with E-state index in [-0.39, 0.29) is 17.4 Å². The van der Waals surface area contributed by atoms with Gasteiger partial charge in [-0.15, -0.1) is 0 Å². The molecule has 4 heterocycles. The number of likely N-dealkylation sites (N-methyl/N-ethyl adjacent to an activating group) is 1. The number of aromatic amines is 1. The molecule has 4 aromatic rings. The number of nitrogens with one attached hydrogen (secondary N) is 1. The number of rotatable bonds is 6. The van der Waals surface area contributed by atoms with Crippen molar-refractivity contribution in [3.05, 3.63) is 59.1 Å². The van der Waals surface area contributed by atoms with Gasteiger partial charge in [-0.3, -0.25) is 19.3 Å². The van der Waals surface area contributed by atoms with E-state index in [1.165, 1.54) is 6.08 Å². The first-order valence-corrected chi connectivity index (χ1v) is 10.9. The Kier molecular flexibility index (Phi) is 5.09. The van der Waals surface area contributed by atoms with Crippen molar-refractivity contribution in [3.63, 3.8) is 0 Å². The molecule has 33 heavy (non-hydrogen) atoms. The summed E-state index contributed by atoms with van der Waals surface area (Å²) < 4.78 is 3.56. The summed E-state index contributed by atoms with van der Waals surface area (Å²) in [5, 5.41) is 7.96. The number of nitrogens with zero attached hydrogens (tertiary/aromatic N) is 7. The van der Waals surface area contributed by atoms with E-state index in [4.69, 9.17) is 4.98 Å². The largest absolute Gasteiger partial charge is 0.338 e. The first-order valence-electron chi connectivity index (χ1n) is 10.9. The second-order valence-electron chi connectivity index (χ2n) is 8.72. The highest BCUT2D eigenvalue weighted by atomic mass is 16.2. The molecule has 10 nitrogen and oxygen atoms in total. The first kappa shape index (κ1) is 21.1. The van der Waals surface area contributed by atoms with E-state index >= 15 is 0 Å². The summed E-state index contributed by atoms with van der Waals surface area (Å²) in [4.78, 5) is 38.8. The topological polar surface area (TPSA) is 105 Å². The molecule has 1 aromatic carbocycles. The number of hydrogen-bond acceptors (Lipinski definition) is 6. The van der Waals surface area contributed by atoms with Crippen LogP contribution >= 0.6 is 0 Å². The number of H-pyrrole nitrogens is 1. The number of imidazole rings is 1. The molecular formula is C23H26N8O2. The Morgan fingerprint density at radius 1 is 1.33 bits per heavy atom. The zero-order chi connectivity index (χ0) is 23.3. The number of aryl methyl sites for hydroxylation is 1. The number of carbonyl (C=O) groups is 1. The number of benzene rings is 1. The Morgan fingerprint density at radius 3 is 2.85 bits per heavy atom. The Hall–Kier alpha value is -3.79. The third kappa shape index (κ3) is 3.43. The Morgan fingerprint density at radius 2 is 2.12 bits per heavy atom. The fourth-order valence-corrected chi connectivity index (χ4v) is 4.42. The minimum absolute atomic E-state index is 0.0529. The minimum atomic E-state index is -0.173. The van der Waals surface area contributed by atoms with Crippen LogP contribution in [0.4, 0.5) is 0 Å². The summed E-state index contributed by atoms with van der Waals surface area (Å²) in [6.45, 7) is 7.97. The van der Waals surface area contributed by atoms with Crippen LogP contribution < -0.4 is 5.56 Å². The van der Waals surface area contributed by atoms with Crippen molar-refractivity contribution in [2.45, 2.75) is 19.4 Å². The van der Waals surface area contributed by atoms with Crippen LogP contribution in [-0.2, 0) is 11.3 Å². The molecule has 0 saturated carbocycles. The third-order valence-corrected chi connectivity index (χ3v) is 6.24. The maximum Gasteiger partial charge on any atom is 0.284 e. The summed E-state index contributed by atoms with van der Waals surface area (Å²) in [7, 11) is 3.98. The van der Waals surface area contributed by atoms with Crippen molar-refractivity contribution < 1.29 is 4.79 Å². The molecule has 1 N–H and O–H groups in total. The highest BCUT2D eigenvalue weighted by Gasteiger charge is 2.35. The maximum atomic E-state index is 13.8. The smallest absolute Gasteiger partial charge is 0.284 e. The lowest BCUT2D eigenvalue weighted by Crippen LogP contribution is -2.48. The average molecular weight is 447 g/mol. The highest BCUT2D eigenvalue weighted by Crippen LogP contribution is 2.29. The van der Waals surface area contributed by atoms with Crippen LogP contribution in [0.1, 0.15) is 17.3 Å². The van der Waals surface area contributed by atoms with Gasteiger partial charge in [0.2, 0.25) is 5.91 Å². The van der Waals surface area contributed by atoms with Crippen LogP contribution in [0.15, 0.2) is 42.1 Å². The van der Waals surface area contributed by atoms with Gasteiger partial charge in [-0.1, -0.05) is 12.6 Å². The van der Waals surface area contributed by atoms with E-state index in [1.807, 2.05) is 37.7 Å². The molecule has 1 amide bonds. The van der Waals surface area contributed by atoms with Gasteiger partial charge in [0.05, 0.1) is 23.3 Å². The van der Waals surface area contributed by atoms with Crippen LogP contribution in [0.5, 0.6) is 0 Å². The number of carbonyl (C=O) groups excluding carboxylic acids is 1. The molecule has 5 rings (SSSR count). The molecule has 0 unspecified atom stereocenters. The lowest BCUT2D eigenvalue weighted by atomic mass is 9.99. The molecule has 0 spiro atoms. The molecule has 10 heteroatoms. The van der Waals surface area contributed by atoms with Gasteiger partial charge in [-0.25, -0.2) is 9.97 Å². The van der Waals surface area contributed by atoms with Gasteiger partial charge in [0, 0.05) is 31.6 Å². The number of amides is 1. The summed E-state index contributed by atoms with van der Waals surface area (Å²) in [6.07, 6.45) is 4.59. The zero-order valence-electron chi connectivity index (χ0n) is 18.9. The van der Waals surface area contributed by atoms with Gasteiger partial charge in [0.25, 0.3) is 5.56 Å². The minimum Gasteiger partial charge on any atom is -0.338 e. The molecule has 0 atom stereocenters. The van der Waals surface area contributed by atoms with Gasteiger partial charge < -0.3 is 14.4 Å². The molecular weight excluding hydrogens is 420 g/mol. The van der Waals surface area contributed by atoms with E-state index in [1.54, 1.807) is 22.0 Å². The fourth-order valence-electron chi connectivity index (χ4n) is 4.42. The van der Waals surface area contributed by atoms with Gasteiger partial charge in [0.15, 0.2) is 11.2 Å². The first-order chi connectivity index (χ1) is 15.9. The number of hydrogen-bond donors (Lipinski definition) is 1. The van der Waals surface area contributed by atoms with Crippen LogP contribution in [0.3, 0.4) is 0 Å². The van der Waals surface area contributed by atoms with Crippen molar-refractivity contribution in [3.8, 4) is 5.69 Å². The lowest BCUT2D eigenvalue weighted by Gasteiger charge is -2.38. The van der Waals surface area contributed by atoms with Crippen LogP contribution in [0.2, 0.25) is 0 Å². The second kappa shape index (κ2) is 7.96. The van der Waals surface area contributed by atoms with E-state index in [9.17, 15) is 9.59 Å². The normalized spacial score (nSPS) is 14.4. The van der Waals surface area contributed by atoms with Crippen LogP contribution in [0, 0.1) is 6.92 Å². The quantitative estimate of drug-likeness (QED) is 0.450. The Bertz CT molecular complexity index is 1440. The summed E-state index contributed by atoms with van der Waals surface area (Å²) in [5.41, 5.74) is 3.29. The van der Waals surface area contributed by atoms with Crippen molar-refractivity contribution in [1.82, 2.24) is 39.1 Å². The number of likely N-dealkylation sites (tertiary alicyclic amines) is 1. The van der Waals surface area contributed by atoms with Gasteiger partial charge in [-0.2, -0.15) is 5.10 Å². The molecule has 170 valence electrons. The average Bonchev–Trinajstić information content (AvgIpc) is 3.37. The van der Waals surface area contributed by atoms with E-state index in [2.05, 4.69) is 26.7 Å². The third-order valence-electron chi connectivity index (χ3n) is 6.24. The number of aromatic nitrogens is 6. The highest BCUT2D eigenvalue weighted by molar-refractivity contribution is 5.89. The van der Waals surface area contributed by atoms with Crippen molar-refractivity contribution in [2.75, 3.05) is 33.7 Å². The van der Waals surface area contributed by atoms with Crippen molar-refractivity contribution in [2.24, 2.45) is 0 Å². The molecule has 1 fully saturated rings. The number of fused-ring (bicyclic) bond motifs is 2. The van der Waals surface area contributed by atoms with Crippen LogP contribution in [-0.4, -0.2) is 78.7 Å². The zero-order valence-corrected chi connectivity index (χ0v) is 18.9. The van der Waals surface area contributed by atoms with Gasteiger partial charge >= 0.3 is 0 Å². The second-order valence-corrected chi connectivity index (χ2v) is 8.72. The molecule has 0 aliphatic carbocycles. The van der Waals surface area contributed by atoms with Crippen molar-refractivity contribution in [1.29, 1.82) is 0 Å². The molecule has 1 aliphatic rings. The molecule has 3 aromatic heterocycles. The van der Waals surface area contributed by atoms with Crippen molar-refractivity contribution >= 4 is 28.0 Å². The molecule has 0 radical (unpaired) electrons. The van der Waals surface area contributed by atoms with Gasteiger partial charge in [0.1, 0.15) is 12.2 Å². The molecule has 1 saturated heterocycles. The summed E-state index contributed by atoms with van der Waals surface area (Å²) in [6, 6.07) is 3.91.